The lowest BCUT2D eigenvalue weighted by atomic mass is 10.3. The number of ether oxygens (including phenoxy) is 1. The van der Waals surface area contributed by atoms with E-state index < -0.39 is 0 Å². The van der Waals surface area contributed by atoms with Gasteiger partial charge in [-0.05, 0) is 19.8 Å². The summed E-state index contributed by atoms with van der Waals surface area (Å²) in [6.07, 6.45) is 1.76. The van der Waals surface area contributed by atoms with Gasteiger partial charge in [0.1, 0.15) is 0 Å². The van der Waals surface area contributed by atoms with Gasteiger partial charge in [0, 0.05) is 13.2 Å². The summed E-state index contributed by atoms with van der Waals surface area (Å²) in [5.74, 6) is 0. The van der Waals surface area contributed by atoms with Crippen LogP contribution in [0.25, 0.3) is 0 Å². The minimum absolute atomic E-state index is 0.260. The summed E-state index contributed by atoms with van der Waals surface area (Å²) in [6, 6.07) is 0. The van der Waals surface area contributed by atoms with E-state index in [1.807, 2.05) is 6.92 Å². The molecule has 0 atom stereocenters. The molecule has 1 N–H and O–H groups in total. The van der Waals surface area contributed by atoms with E-state index in [0.29, 0.717) is 6.61 Å². The topological polar surface area (TPSA) is 29.5 Å². The van der Waals surface area contributed by atoms with Gasteiger partial charge in [0.05, 0.1) is 6.61 Å². The van der Waals surface area contributed by atoms with Crippen LogP contribution in [-0.4, -0.2) is 24.9 Å². The molecule has 0 fully saturated rings. The fourth-order valence-corrected chi connectivity index (χ4v) is 0.562. The Morgan fingerprint density at radius 2 is 2.20 bits per heavy atom. The van der Waals surface area contributed by atoms with Crippen molar-refractivity contribution >= 4 is 0 Å². The Bertz CT molecular complexity index is 89.3. The molecule has 0 aromatic heterocycles. The third-order valence-corrected chi connectivity index (χ3v) is 1.05. The molecule has 60 valence electrons. The highest BCUT2D eigenvalue weighted by Crippen LogP contribution is 1.92. The van der Waals surface area contributed by atoms with Crippen molar-refractivity contribution in [2.45, 2.75) is 19.8 Å². The van der Waals surface area contributed by atoms with Crippen LogP contribution in [0.15, 0.2) is 12.2 Å². The zero-order chi connectivity index (χ0) is 7.82. The van der Waals surface area contributed by atoms with Crippen molar-refractivity contribution in [2.24, 2.45) is 0 Å². The standard InChI is InChI=1S/C8H16O2/c1-8(2)7-10-6-4-3-5-9/h9H,1,3-7H2,2H3. The van der Waals surface area contributed by atoms with E-state index in [4.69, 9.17) is 9.84 Å². The number of hydrogen-bond donors (Lipinski definition) is 1. The molecule has 0 rings (SSSR count). The Labute approximate surface area is 62.5 Å². The molecule has 0 amide bonds. The lowest BCUT2D eigenvalue weighted by Gasteiger charge is -2.01. The molecule has 0 aliphatic heterocycles. The van der Waals surface area contributed by atoms with Crippen LogP contribution in [0.4, 0.5) is 0 Å². The van der Waals surface area contributed by atoms with Gasteiger partial charge in [-0.3, -0.25) is 0 Å². The molecule has 0 aliphatic carbocycles. The summed E-state index contributed by atoms with van der Waals surface area (Å²) >= 11 is 0. The van der Waals surface area contributed by atoms with Crippen LogP contribution >= 0.6 is 0 Å². The zero-order valence-corrected chi connectivity index (χ0v) is 6.60. The summed E-state index contributed by atoms with van der Waals surface area (Å²) < 4.78 is 5.19. The van der Waals surface area contributed by atoms with Crippen LogP contribution in [0.5, 0.6) is 0 Å². The molecule has 0 heterocycles. The quantitative estimate of drug-likeness (QED) is 0.450. The van der Waals surface area contributed by atoms with Crippen molar-refractivity contribution in [3.63, 3.8) is 0 Å². The molecule has 2 heteroatoms. The molecule has 2 nitrogen and oxygen atoms in total. The van der Waals surface area contributed by atoms with Crippen LogP contribution in [0.2, 0.25) is 0 Å². The van der Waals surface area contributed by atoms with Gasteiger partial charge in [0.2, 0.25) is 0 Å². The van der Waals surface area contributed by atoms with Crippen LogP contribution in [0, 0.1) is 0 Å². The highest BCUT2D eigenvalue weighted by atomic mass is 16.5. The molecule has 0 saturated carbocycles. The summed E-state index contributed by atoms with van der Waals surface area (Å²) in [5.41, 5.74) is 1.05. The van der Waals surface area contributed by atoms with Crippen molar-refractivity contribution < 1.29 is 9.84 Å². The minimum Gasteiger partial charge on any atom is -0.396 e. The Kier molecular flexibility index (Phi) is 6.55. The Morgan fingerprint density at radius 3 is 2.70 bits per heavy atom. The van der Waals surface area contributed by atoms with Gasteiger partial charge in [0.25, 0.3) is 0 Å². The zero-order valence-electron chi connectivity index (χ0n) is 6.60. The molecule has 0 saturated heterocycles. The summed E-state index contributed by atoms with van der Waals surface area (Å²) in [7, 11) is 0. The molecule has 0 aromatic rings. The van der Waals surface area contributed by atoms with Crippen molar-refractivity contribution in [1.29, 1.82) is 0 Å². The molecule has 0 aromatic carbocycles. The van der Waals surface area contributed by atoms with Gasteiger partial charge in [-0.1, -0.05) is 12.2 Å². The lowest BCUT2D eigenvalue weighted by molar-refractivity contribution is 0.145. The molecule has 0 spiro atoms. The third kappa shape index (κ3) is 7.66. The molecular weight excluding hydrogens is 128 g/mol. The average Bonchev–Trinajstić information content (AvgIpc) is 1.87. The second-order valence-corrected chi connectivity index (χ2v) is 2.44. The molecule has 0 bridgehead atoms. The first-order chi connectivity index (χ1) is 4.77. The Hall–Kier alpha value is -0.340. The van der Waals surface area contributed by atoms with Crippen molar-refractivity contribution in [2.75, 3.05) is 19.8 Å². The number of hydrogen-bond acceptors (Lipinski definition) is 2. The molecule has 0 radical (unpaired) electrons. The first kappa shape index (κ1) is 9.66. The maximum atomic E-state index is 8.40. The van der Waals surface area contributed by atoms with E-state index >= 15 is 0 Å². The molecule has 10 heavy (non-hydrogen) atoms. The first-order valence-electron chi connectivity index (χ1n) is 3.60. The van der Waals surface area contributed by atoms with E-state index in [2.05, 4.69) is 6.58 Å². The van der Waals surface area contributed by atoms with Gasteiger partial charge < -0.3 is 9.84 Å². The predicted molar refractivity (Wildman–Crippen MR) is 42.0 cm³/mol. The average molecular weight is 144 g/mol. The lowest BCUT2D eigenvalue weighted by Crippen LogP contribution is -1.98. The van der Waals surface area contributed by atoms with E-state index in [0.717, 1.165) is 25.0 Å². The molecule has 0 aliphatic rings. The number of aliphatic hydroxyl groups excluding tert-OH is 1. The van der Waals surface area contributed by atoms with E-state index in [1.54, 1.807) is 0 Å². The largest absolute Gasteiger partial charge is 0.396 e. The van der Waals surface area contributed by atoms with Crippen molar-refractivity contribution in [1.82, 2.24) is 0 Å². The third-order valence-electron chi connectivity index (χ3n) is 1.05. The minimum atomic E-state index is 0.260. The van der Waals surface area contributed by atoms with Gasteiger partial charge in [-0.15, -0.1) is 0 Å². The second-order valence-electron chi connectivity index (χ2n) is 2.44. The highest BCUT2D eigenvalue weighted by Gasteiger charge is 1.87. The predicted octanol–water partition coefficient (Wildman–Crippen LogP) is 1.35. The van der Waals surface area contributed by atoms with Gasteiger partial charge in [0.15, 0.2) is 0 Å². The maximum Gasteiger partial charge on any atom is 0.0671 e. The van der Waals surface area contributed by atoms with Crippen LogP contribution in [0.1, 0.15) is 19.8 Å². The number of aliphatic hydroxyl groups is 1. The Balaban J connectivity index is 2.84. The number of unbranched alkanes of at least 4 members (excludes halogenated alkanes) is 1. The smallest absolute Gasteiger partial charge is 0.0671 e. The normalized spacial score (nSPS) is 9.80. The van der Waals surface area contributed by atoms with Crippen molar-refractivity contribution in [3.8, 4) is 0 Å². The summed E-state index contributed by atoms with van der Waals surface area (Å²) in [4.78, 5) is 0. The van der Waals surface area contributed by atoms with E-state index in [9.17, 15) is 0 Å². The molecular formula is C8H16O2. The second kappa shape index (κ2) is 6.78. The fourth-order valence-electron chi connectivity index (χ4n) is 0.562. The van der Waals surface area contributed by atoms with Crippen LogP contribution < -0.4 is 0 Å². The first-order valence-corrected chi connectivity index (χ1v) is 3.60. The maximum absolute atomic E-state index is 8.40. The monoisotopic (exact) mass is 144 g/mol. The highest BCUT2D eigenvalue weighted by molar-refractivity contribution is 4.87. The van der Waals surface area contributed by atoms with Gasteiger partial charge in [-0.25, -0.2) is 0 Å². The number of rotatable bonds is 6. The van der Waals surface area contributed by atoms with Crippen LogP contribution in [-0.2, 0) is 4.74 Å². The van der Waals surface area contributed by atoms with E-state index in [-0.39, 0.29) is 6.61 Å². The molecule has 0 unspecified atom stereocenters. The van der Waals surface area contributed by atoms with Crippen molar-refractivity contribution in [3.05, 3.63) is 12.2 Å². The summed E-state index contributed by atoms with van der Waals surface area (Å²) in [6.45, 7) is 7.27. The fraction of sp³-hybridized carbons (Fsp3) is 0.750. The summed E-state index contributed by atoms with van der Waals surface area (Å²) in [5, 5.41) is 8.40. The Morgan fingerprint density at radius 1 is 1.50 bits per heavy atom. The van der Waals surface area contributed by atoms with Gasteiger partial charge >= 0.3 is 0 Å². The van der Waals surface area contributed by atoms with Gasteiger partial charge in [-0.2, -0.15) is 0 Å². The SMILES string of the molecule is C=C(C)COCCCCO. The van der Waals surface area contributed by atoms with E-state index in [1.165, 1.54) is 0 Å². The van der Waals surface area contributed by atoms with Crippen LogP contribution in [0.3, 0.4) is 0 Å².